The van der Waals surface area contributed by atoms with Crippen LogP contribution in [-0.2, 0) is 6.54 Å². The van der Waals surface area contributed by atoms with Crippen molar-refractivity contribution in [1.29, 1.82) is 0 Å². The van der Waals surface area contributed by atoms with E-state index in [-0.39, 0.29) is 20.2 Å². The normalized spacial score (nSPS) is 17.9. The molecular weight excluding hydrogens is 410 g/mol. The van der Waals surface area contributed by atoms with Gasteiger partial charge in [0.15, 0.2) is 23.0 Å². The Balaban J connectivity index is 1.34. The summed E-state index contributed by atoms with van der Waals surface area (Å²) in [5.74, 6) is 3.06. The minimum absolute atomic E-state index is 0.209. The van der Waals surface area contributed by atoms with Crippen LogP contribution in [0, 0.1) is 0 Å². The van der Waals surface area contributed by atoms with E-state index in [1.54, 1.807) is 0 Å². The minimum atomic E-state index is 0.209. The van der Waals surface area contributed by atoms with Crippen LogP contribution in [0.15, 0.2) is 36.5 Å². The Bertz CT molecular complexity index is 1160. The molecule has 3 aromatic rings. The van der Waals surface area contributed by atoms with Crippen molar-refractivity contribution in [1.82, 2.24) is 14.8 Å². The lowest BCUT2D eigenvalue weighted by atomic mass is 10.00. The predicted octanol–water partition coefficient (Wildman–Crippen LogP) is 2.47. The van der Waals surface area contributed by atoms with Gasteiger partial charge in [-0.3, -0.25) is 14.8 Å². The van der Waals surface area contributed by atoms with Crippen LogP contribution in [0.5, 0.6) is 23.0 Å². The number of rotatable bonds is 5. The summed E-state index contributed by atoms with van der Waals surface area (Å²) in [6.07, 6.45) is 1.86. The smallest absolute Gasteiger partial charge is 0.231 e. The Morgan fingerprint density at radius 1 is 0.844 bits per heavy atom. The number of ether oxygens (including phenoxy) is 4. The van der Waals surface area contributed by atoms with Gasteiger partial charge >= 0.3 is 0 Å². The second-order valence-electron chi connectivity index (χ2n) is 8.29. The number of benzene rings is 2. The van der Waals surface area contributed by atoms with Crippen LogP contribution in [-0.4, -0.2) is 72.8 Å². The lowest BCUT2D eigenvalue weighted by molar-refractivity contribution is 0.108. The summed E-state index contributed by atoms with van der Waals surface area (Å²) in [7, 11) is 0. The summed E-state index contributed by atoms with van der Waals surface area (Å²) >= 11 is 0. The molecule has 8 nitrogen and oxygen atoms in total. The van der Waals surface area contributed by atoms with E-state index in [1.165, 1.54) is 0 Å². The second-order valence-corrected chi connectivity index (χ2v) is 8.29. The highest BCUT2D eigenvalue weighted by molar-refractivity contribution is 5.93. The molecule has 32 heavy (non-hydrogen) atoms. The number of hydrogen-bond donors (Lipinski definition) is 1. The fourth-order valence-corrected chi connectivity index (χ4v) is 4.64. The van der Waals surface area contributed by atoms with Gasteiger partial charge in [-0.2, -0.15) is 0 Å². The number of β-amino-alcohol motifs (C(OH)–C–C–N with tert-alkyl or cyclic N) is 1. The summed E-state index contributed by atoms with van der Waals surface area (Å²) in [6.45, 7) is 6.08. The molecule has 3 aliphatic rings. The Morgan fingerprint density at radius 2 is 1.59 bits per heavy atom. The monoisotopic (exact) mass is 435 g/mol. The topological polar surface area (TPSA) is 76.5 Å². The maximum atomic E-state index is 9.20. The van der Waals surface area contributed by atoms with Gasteiger partial charge in [0, 0.05) is 56.4 Å². The molecule has 166 valence electrons. The SMILES string of the molecule is OCCN1CCN(Cc2cc3c(cc2-c2cc4ccc5c(c4cn2)OCO5)OCO3)CC1. The maximum Gasteiger partial charge on any atom is 0.231 e. The van der Waals surface area contributed by atoms with E-state index < -0.39 is 0 Å². The van der Waals surface area contributed by atoms with Crippen molar-refractivity contribution in [3.05, 3.63) is 42.1 Å². The molecule has 0 radical (unpaired) electrons. The van der Waals surface area contributed by atoms with E-state index in [2.05, 4.69) is 21.9 Å². The molecule has 0 spiro atoms. The number of aliphatic hydroxyl groups is 1. The minimum Gasteiger partial charge on any atom is -0.454 e. The third-order valence-electron chi connectivity index (χ3n) is 6.39. The van der Waals surface area contributed by atoms with Gasteiger partial charge in [0.25, 0.3) is 0 Å². The molecule has 0 saturated carbocycles. The lowest BCUT2D eigenvalue weighted by Crippen LogP contribution is -2.46. The summed E-state index contributed by atoms with van der Waals surface area (Å²) in [5.41, 5.74) is 3.10. The summed E-state index contributed by atoms with van der Waals surface area (Å²) in [6, 6.07) is 10.2. The summed E-state index contributed by atoms with van der Waals surface area (Å²) < 4.78 is 22.5. The number of pyridine rings is 1. The number of aromatic nitrogens is 1. The van der Waals surface area contributed by atoms with Crippen molar-refractivity contribution < 1.29 is 24.1 Å². The van der Waals surface area contributed by atoms with Gasteiger partial charge in [0.1, 0.15) is 0 Å². The van der Waals surface area contributed by atoms with Crippen molar-refractivity contribution in [3.8, 4) is 34.3 Å². The number of hydrogen-bond acceptors (Lipinski definition) is 8. The molecule has 0 amide bonds. The van der Waals surface area contributed by atoms with E-state index >= 15 is 0 Å². The number of aliphatic hydroxyl groups excluding tert-OH is 1. The largest absolute Gasteiger partial charge is 0.454 e. The quantitative estimate of drug-likeness (QED) is 0.655. The molecule has 0 unspecified atom stereocenters. The zero-order valence-corrected chi connectivity index (χ0v) is 17.7. The zero-order chi connectivity index (χ0) is 21.5. The molecule has 4 heterocycles. The van der Waals surface area contributed by atoms with Crippen LogP contribution < -0.4 is 18.9 Å². The molecule has 0 bridgehead atoms. The first-order chi connectivity index (χ1) is 15.8. The van der Waals surface area contributed by atoms with E-state index in [9.17, 15) is 5.11 Å². The number of nitrogens with zero attached hydrogens (tertiary/aromatic N) is 3. The molecule has 1 aromatic heterocycles. The Hall–Kier alpha value is -3.07. The summed E-state index contributed by atoms with van der Waals surface area (Å²) in [5, 5.41) is 11.2. The zero-order valence-electron chi connectivity index (χ0n) is 17.7. The van der Waals surface area contributed by atoms with Gasteiger partial charge < -0.3 is 24.1 Å². The van der Waals surface area contributed by atoms with Gasteiger partial charge in [0.05, 0.1) is 12.3 Å². The number of fused-ring (bicyclic) bond motifs is 4. The average molecular weight is 435 g/mol. The highest BCUT2D eigenvalue weighted by atomic mass is 16.7. The highest BCUT2D eigenvalue weighted by Gasteiger charge is 2.23. The van der Waals surface area contributed by atoms with Crippen molar-refractivity contribution in [2.24, 2.45) is 0 Å². The molecule has 1 saturated heterocycles. The highest BCUT2D eigenvalue weighted by Crippen LogP contribution is 2.42. The van der Waals surface area contributed by atoms with Crippen LogP contribution in [0.1, 0.15) is 5.56 Å². The second kappa shape index (κ2) is 8.12. The van der Waals surface area contributed by atoms with E-state index in [1.807, 2.05) is 24.4 Å². The molecule has 0 aliphatic carbocycles. The van der Waals surface area contributed by atoms with E-state index in [4.69, 9.17) is 23.9 Å². The van der Waals surface area contributed by atoms with Crippen molar-refractivity contribution in [2.45, 2.75) is 6.54 Å². The van der Waals surface area contributed by atoms with Gasteiger partial charge in [-0.05, 0) is 35.2 Å². The van der Waals surface area contributed by atoms with Crippen molar-refractivity contribution in [3.63, 3.8) is 0 Å². The Morgan fingerprint density at radius 3 is 2.44 bits per heavy atom. The molecule has 1 N–H and O–H groups in total. The molecule has 2 aromatic carbocycles. The fourth-order valence-electron chi connectivity index (χ4n) is 4.64. The van der Waals surface area contributed by atoms with Gasteiger partial charge in [0.2, 0.25) is 13.6 Å². The van der Waals surface area contributed by atoms with Crippen molar-refractivity contribution in [2.75, 3.05) is 52.9 Å². The first kappa shape index (κ1) is 19.6. The van der Waals surface area contributed by atoms with Crippen LogP contribution in [0.3, 0.4) is 0 Å². The molecule has 8 heteroatoms. The third-order valence-corrected chi connectivity index (χ3v) is 6.39. The van der Waals surface area contributed by atoms with Crippen LogP contribution in [0.4, 0.5) is 0 Å². The Labute approximate surface area is 185 Å². The lowest BCUT2D eigenvalue weighted by Gasteiger charge is -2.34. The average Bonchev–Trinajstić information content (AvgIpc) is 3.49. The molecule has 0 atom stereocenters. The molecule has 3 aliphatic heterocycles. The van der Waals surface area contributed by atoms with Crippen LogP contribution in [0.2, 0.25) is 0 Å². The Kier molecular flexibility index (Phi) is 4.98. The summed E-state index contributed by atoms with van der Waals surface area (Å²) in [4.78, 5) is 9.52. The molecular formula is C24H25N3O5. The number of piperazine rings is 1. The fraction of sp³-hybridized carbons (Fsp3) is 0.375. The van der Waals surface area contributed by atoms with Gasteiger partial charge in [-0.25, -0.2) is 0 Å². The van der Waals surface area contributed by atoms with E-state index in [0.717, 1.165) is 89.9 Å². The predicted molar refractivity (Wildman–Crippen MR) is 118 cm³/mol. The van der Waals surface area contributed by atoms with E-state index in [0.29, 0.717) is 0 Å². The molecule has 1 fully saturated rings. The first-order valence-electron chi connectivity index (χ1n) is 11.0. The van der Waals surface area contributed by atoms with Crippen molar-refractivity contribution >= 4 is 10.8 Å². The van der Waals surface area contributed by atoms with Crippen LogP contribution in [0.25, 0.3) is 22.0 Å². The molecule has 6 rings (SSSR count). The standard InChI is InChI=1S/C24H25N3O5/c28-8-7-26-3-5-27(6-4-26)13-17-10-22-23(31-14-30-22)11-18(17)20-9-16-1-2-21-24(32-15-29-21)19(16)12-25-20/h1-2,9-12,28H,3-8,13-15H2. The maximum absolute atomic E-state index is 9.20. The first-order valence-corrected chi connectivity index (χ1v) is 11.0. The van der Waals surface area contributed by atoms with Gasteiger partial charge in [-0.15, -0.1) is 0 Å². The van der Waals surface area contributed by atoms with Gasteiger partial charge in [-0.1, -0.05) is 6.07 Å². The van der Waals surface area contributed by atoms with Crippen LogP contribution >= 0.6 is 0 Å². The third kappa shape index (κ3) is 3.50.